The standard InChI is InChI=1S/C23H21FO4/c1-11-9-15(27-14-5-3-13(24)4-6-14)10-12(2)18(11)21-22(25)19-16-7-8-17(28-16)20(19)23(21)26/h3-6,9-10,16-17,19-21H,7-8H2,1-2H3/t16-,17+,19-,20+,21?. The van der Waals surface area contributed by atoms with Crippen LogP contribution >= 0.6 is 0 Å². The lowest BCUT2D eigenvalue weighted by Crippen LogP contribution is -2.29. The van der Waals surface area contributed by atoms with Crippen LogP contribution in [-0.4, -0.2) is 23.8 Å². The molecule has 0 aromatic heterocycles. The second-order valence-electron chi connectivity index (χ2n) is 8.11. The van der Waals surface area contributed by atoms with Gasteiger partial charge in [-0.2, -0.15) is 0 Å². The predicted molar refractivity (Wildman–Crippen MR) is 100 cm³/mol. The normalized spacial score (nSPS) is 30.8. The molecular weight excluding hydrogens is 359 g/mol. The third-order valence-electron chi connectivity index (χ3n) is 6.40. The minimum absolute atomic E-state index is 0.0144. The third kappa shape index (κ3) is 2.53. The first-order valence-corrected chi connectivity index (χ1v) is 9.71. The molecule has 2 saturated heterocycles. The summed E-state index contributed by atoms with van der Waals surface area (Å²) in [6.45, 7) is 3.80. The Balaban J connectivity index is 1.47. The molecule has 3 fully saturated rings. The number of Topliss-reactive ketones (excluding diaryl/α,β-unsaturated/α-hetero) is 2. The van der Waals surface area contributed by atoms with Gasteiger partial charge in [0.15, 0.2) is 11.6 Å². The van der Waals surface area contributed by atoms with Gasteiger partial charge >= 0.3 is 0 Å². The van der Waals surface area contributed by atoms with Crippen LogP contribution in [0.2, 0.25) is 0 Å². The van der Waals surface area contributed by atoms with E-state index in [1.807, 2.05) is 26.0 Å². The molecule has 1 saturated carbocycles. The van der Waals surface area contributed by atoms with Gasteiger partial charge in [-0.05, 0) is 79.8 Å². The Morgan fingerprint density at radius 3 is 1.96 bits per heavy atom. The molecular formula is C23H21FO4. The van der Waals surface area contributed by atoms with Crippen molar-refractivity contribution in [2.45, 2.75) is 44.8 Å². The molecule has 0 spiro atoms. The van der Waals surface area contributed by atoms with Crippen LogP contribution in [0.3, 0.4) is 0 Å². The van der Waals surface area contributed by atoms with E-state index >= 15 is 0 Å². The summed E-state index contributed by atoms with van der Waals surface area (Å²) in [6.07, 6.45) is 1.58. The number of aryl methyl sites for hydroxylation is 2. The van der Waals surface area contributed by atoms with Gasteiger partial charge in [0.05, 0.1) is 24.0 Å². The number of rotatable bonds is 3. The van der Waals surface area contributed by atoms with E-state index in [1.165, 1.54) is 12.1 Å². The molecule has 1 unspecified atom stereocenters. The molecule has 5 atom stereocenters. The van der Waals surface area contributed by atoms with E-state index in [-0.39, 0.29) is 41.4 Å². The zero-order valence-corrected chi connectivity index (χ0v) is 15.8. The topological polar surface area (TPSA) is 52.6 Å². The second kappa shape index (κ2) is 6.24. The molecule has 28 heavy (non-hydrogen) atoms. The van der Waals surface area contributed by atoms with Crippen molar-refractivity contribution in [2.75, 3.05) is 0 Å². The van der Waals surface area contributed by atoms with E-state index in [1.54, 1.807) is 12.1 Å². The van der Waals surface area contributed by atoms with Crippen LogP contribution in [0, 0.1) is 31.5 Å². The highest BCUT2D eigenvalue weighted by molar-refractivity contribution is 6.17. The number of ketones is 2. The summed E-state index contributed by atoms with van der Waals surface area (Å²) >= 11 is 0. The number of hydrogen-bond donors (Lipinski definition) is 0. The highest BCUT2D eigenvalue weighted by Gasteiger charge is 2.63. The Hall–Kier alpha value is -2.53. The van der Waals surface area contributed by atoms with Crippen molar-refractivity contribution in [3.05, 3.63) is 58.9 Å². The SMILES string of the molecule is Cc1cc(Oc2ccc(F)cc2)cc(C)c1C1C(=O)[C@@H]2[C@H](C1=O)[C@H]1CC[C@@H]2O1. The zero-order valence-electron chi connectivity index (χ0n) is 15.8. The molecule has 0 N–H and O–H groups in total. The molecule has 2 aliphatic heterocycles. The van der Waals surface area contributed by atoms with E-state index in [0.29, 0.717) is 11.5 Å². The molecule has 2 aromatic rings. The van der Waals surface area contributed by atoms with Gasteiger partial charge in [-0.3, -0.25) is 9.59 Å². The van der Waals surface area contributed by atoms with Crippen LogP contribution < -0.4 is 4.74 Å². The first-order chi connectivity index (χ1) is 13.4. The number of carbonyl (C=O) groups is 2. The summed E-state index contributed by atoms with van der Waals surface area (Å²) < 4.78 is 24.7. The molecule has 0 radical (unpaired) electrons. The minimum atomic E-state index is -0.693. The highest BCUT2D eigenvalue weighted by atomic mass is 19.1. The second-order valence-corrected chi connectivity index (χ2v) is 8.11. The maximum atomic E-state index is 13.1. The van der Waals surface area contributed by atoms with Crippen molar-refractivity contribution in [3.63, 3.8) is 0 Å². The summed E-state index contributed by atoms with van der Waals surface area (Å²) in [5.41, 5.74) is 2.52. The molecule has 4 nitrogen and oxygen atoms in total. The van der Waals surface area contributed by atoms with Crippen molar-refractivity contribution in [1.82, 2.24) is 0 Å². The van der Waals surface area contributed by atoms with Gasteiger partial charge in [0.2, 0.25) is 0 Å². The first-order valence-electron chi connectivity index (χ1n) is 9.71. The van der Waals surface area contributed by atoms with Gasteiger partial charge < -0.3 is 9.47 Å². The lowest BCUT2D eigenvalue weighted by Gasteiger charge is -2.18. The Bertz CT molecular complexity index is 930. The van der Waals surface area contributed by atoms with E-state index in [4.69, 9.17) is 9.47 Å². The summed E-state index contributed by atoms with van der Waals surface area (Å²) in [5.74, 6) is -0.397. The van der Waals surface area contributed by atoms with Crippen molar-refractivity contribution in [2.24, 2.45) is 11.8 Å². The predicted octanol–water partition coefficient (Wildman–Crippen LogP) is 4.26. The maximum Gasteiger partial charge on any atom is 0.154 e. The molecule has 2 heterocycles. The van der Waals surface area contributed by atoms with Crippen molar-refractivity contribution >= 4 is 11.6 Å². The number of ether oxygens (including phenoxy) is 2. The van der Waals surface area contributed by atoms with Crippen molar-refractivity contribution in [1.29, 1.82) is 0 Å². The number of carbonyl (C=O) groups excluding carboxylic acids is 2. The molecule has 3 aliphatic rings. The highest BCUT2D eigenvalue weighted by Crippen LogP contribution is 2.53. The molecule has 0 amide bonds. The van der Waals surface area contributed by atoms with Crippen molar-refractivity contribution < 1.29 is 23.5 Å². The van der Waals surface area contributed by atoms with E-state index in [0.717, 1.165) is 29.5 Å². The Labute approximate surface area is 162 Å². The van der Waals surface area contributed by atoms with E-state index in [9.17, 15) is 14.0 Å². The minimum Gasteiger partial charge on any atom is -0.457 e. The lowest BCUT2D eigenvalue weighted by molar-refractivity contribution is -0.127. The monoisotopic (exact) mass is 380 g/mol. The summed E-state index contributed by atoms with van der Waals surface area (Å²) in [7, 11) is 0. The number of fused-ring (bicyclic) bond motifs is 5. The van der Waals surface area contributed by atoms with E-state index in [2.05, 4.69) is 0 Å². The Morgan fingerprint density at radius 2 is 1.43 bits per heavy atom. The van der Waals surface area contributed by atoms with Crippen LogP contribution in [0.15, 0.2) is 36.4 Å². The molecule has 1 aliphatic carbocycles. The van der Waals surface area contributed by atoms with Crippen LogP contribution in [-0.2, 0) is 14.3 Å². The molecule has 2 aromatic carbocycles. The van der Waals surface area contributed by atoms with Gasteiger partial charge in [0.1, 0.15) is 23.2 Å². The molecule has 5 heteroatoms. The average Bonchev–Trinajstić information content (AvgIpc) is 3.33. The fourth-order valence-electron chi connectivity index (χ4n) is 5.30. The van der Waals surface area contributed by atoms with Gasteiger partial charge in [-0.25, -0.2) is 4.39 Å². The number of hydrogen-bond acceptors (Lipinski definition) is 4. The lowest BCUT2D eigenvalue weighted by atomic mass is 9.81. The van der Waals surface area contributed by atoms with Crippen LogP contribution in [0.5, 0.6) is 11.5 Å². The maximum absolute atomic E-state index is 13.1. The Morgan fingerprint density at radius 1 is 0.893 bits per heavy atom. The smallest absolute Gasteiger partial charge is 0.154 e. The summed E-state index contributed by atoms with van der Waals surface area (Å²) in [5, 5.41) is 0. The zero-order chi connectivity index (χ0) is 19.6. The van der Waals surface area contributed by atoms with Crippen molar-refractivity contribution in [3.8, 4) is 11.5 Å². The fraction of sp³-hybridized carbons (Fsp3) is 0.391. The van der Waals surface area contributed by atoms with Crippen LogP contribution in [0.25, 0.3) is 0 Å². The number of halogens is 1. The number of benzene rings is 2. The third-order valence-corrected chi connectivity index (χ3v) is 6.40. The largest absolute Gasteiger partial charge is 0.457 e. The van der Waals surface area contributed by atoms with Gasteiger partial charge in [0, 0.05) is 0 Å². The van der Waals surface area contributed by atoms with E-state index < -0.39 is 5.92 Å². The summed E-state index contributed by atoms with van der Waals surface area (Å²) in [6, 6.07) is 9.49. The molecule has 5 rings (SSSR count). The molecule has 144 valence electrons. The Kier molecular flexibility index (Phi) is 3.91. The van der Waals surface area contributed by atoms with Crippen LogP contribution in [0.1, 0.15) is 35.4 Å². The van der Waals surface area contributed by atoms with Gasteiger partial charge in [-0.1, -0.05) is 0 Å². The summed E-state index contributed by atoms with van der Waals surface area (Å²) in [4.78, 5) is 26.3. The average molecular weight is 380 g/mol. The quantitative estimate of drug-likeness (QED) is 0.747. The fourth-order valence-corrected chi connectivity index (χ4v) is 5.30. The van der Waals surface area contributed by atoms with Gasteiger partial charge in [-0.15, -0.1) is 0 Å². The van der Waals surface area contributed by atoms with Gasteiger partial charge in [0.25, 0.3) is 0 Å². The first kappa shape index (κ1) is 17.6. The van der Waals surface area contributed by atoms with Crippen LogP contribution in [0.4, 0.5) is 4.39 Å². The molecule has 2 bridgehead atoms.